The molecule has 168 valence electrons. The van der Waals surface area contributed by atoms with Gasteiger partial charge in [0.25, 0.3) is 11.5 Å². The Kier molecular flexibility index (Phi) is 5.37. The maximum atomic E-state index is 13.3. The lowest BCUT2D eigenvalue weighted by molar-refractivity contribution is -0.119. The highest BCUT2D eigenvalue weighted by atomic mass is 32.1. The number of anilines is 1. The van der Waals surface area contributed by atoms with Crippen molar-refractivity contribution in [2.45, 2.75) is 64.8 Å². The first-order chi connectivity index (χ1) is 15.3. The van der Waals surface area contributed by atoms with E-state index in [1.165, 1.54) is 27.6 Å². The first kappa shape index (κ1) is 21.3. The summed E-state index contributed by atoms with van der Waals surface area (Å²) in [6, 6.07) is -0.877. The molecule has 0 bridgehead atoms. The van der Waals surface area contributed by atoms with Gasteiger partial charge in [-0.25, -0.2) is 0 Å². The third-order valence-corrected chi connectivity index (χ3v) is 8.89. The van der Waals surface area contributed by atoms with Gasteiger partial charge in [-0.2, -0.15) is 4.68 Å². The second-order valence-corrected chi connectivity index (χ2v) is 11.0. The van der Waals surface area contributed by atoms with Gasteiger partial charge < -0.3 is 11.1 Å². The number of primary amides is 1. The molecule has 32 heavy (non-hydrogen) atoms. The van der Waals surface area contributed by atoms with Crippen molar-refractivity contribution >= 4 is 49.7 Å². The topological polar surface area (TPSA) is 120 Å². The zero-order valence-electron chi connectivity index (χ0n) is 18.1. The van der Waals surface area contributed by atoms with Gasteiger partial charge in [-0.05, 0) is 68.9 Å². The standard InChI is InChI=1S/C22H25N5O3S2/c1-10-7-8-13-15(9-10)32-21-17(13)22(30)27(26-25-21)11(2)19(29)24-20-16(18(23)28)12-5-3-4-6-14(12)31-20/h10-11H,3-9H2,1-2H3,(H2,23,28)(H,24,29). The van der Waals surface area contributed by atoms with E-state index in [1.54, 1.807) is 6.92 Å². The molecule has 8 nitrogen and oxygen atoms in total. The summed E-state index contributed by atoms with van der Waals surface area (Å²) in [4.78, 5) is 41.4. The van der Waals surface area contributed by atoms with Crippen molar-refractivity contribution in [2.24, 2.45) is 11.7 Å². The molecule has 3 aromatic heterocycles. The number of aryl methyl sites for hydroxylation is 2. The molecule has 3 heterocycles. The van der Waals surface area contributed by atoms with Crippen LogP contribution in [0.25, 0.3) is 10.2 Å². The van der Waals surface area contributed by atoms with Crippen LogP contribution in [-0.4, -0.2) is 26.8 Å². The molecule has 0 aromatic carbocycles. The number of thiophene rings is 2. The number of carbonyl (C=O) groups excluding carboxylic acids is 2. The van der Waals surface area contributed by atoms with Gasteiger partial charge in [0.05, 0.1) is 10.9 Å². The molecule has 0 fully saturated rings. The molecule has 0 saturated carbocycles. The second kappa shape index (κ2) is 8.08. The normalized spacial score (nSPS) is 18.8. The minimum atomic E-state index is -0.877. The summed E-state index contributed by atoms with van der Waals surface area (Å²) in [5.74, 6) is -0.365. The van der Waals surface area contributed by atoms with Crippen LogP contribution in [0.5, 0.6) is 0 Å². The van der Waals surface area contributed by atoms with Crippen molar-refractivity contribution in [2.75, 3.05) is 5.32 Å². The fraction of sp³-hybridized carbons (Fsp3) is 0.500. The summed E-state index contributed by atoms with van der Waals surface area (Å²) in [5.41, 5.74) is 7.77. The molecule has 3 N–H and O–H groups in total. The second-order valence-electron chi connectivity index (χ2n) is 8.82. The predicted octanol–water partition coefficient (Wildman–Crippen LogP) is 3.22. The van der Waals surface area contributed by atoms with E-state index < -0.39 is 17.9 Å². The number of hydrogen-bond acceptors (Lipinski definition) is 7. The van der Waals surface area contributed by atoms with Crippen LogP contribution in [-0.2, 0) is 30.5 Å². The minimum absolute atomic E-state index is 0.287. The molecular formula is C22H25N5O3S2. The molecule has 5 rings (SSSR count). The highest BCUT2D eigenvalue weighted by molar-refractivity contribution is 7.18. The van der Waals surface area contributed by atoms with Gasteiger partial charge in [-0.15, -0.1) is 27.8 Å². The Morgan fingerprint density at radius 3 is 2.72 bits per heavy atom. The first-order valence-corrected chi connectivity index (χ1v) is 12.6. The van der Waals surface area contributed by atoms with Crippen LogP contribution in [0.2, 0.25) is 0 Å². The number of hydrogen-bond donors (Lipinski definition) is 2. The maximum absolute atomic E-state index is 13.3. The van der Waals surface area contributed by atoms with E-state index >= 15 is 0 Å². The Morgan fingerprint density at radius 2 is 1.94 bits per heavy atom. The van der Waals surface area contributed by atoms with Gasteiger partial charge in [0.15, 0.2) is 4.83 Å². The minimum Gasteiger partial charge on any atom is -0.365 e. The molecule has 0 radical (unpaired) electrons. The molecule has 3 aromatic rings. The van der Waals surface area contributed by atoms with E-state index in [1.807, 2.05) is 0 Å². The number of nitrogens with zero attached hydrogens (tertiary/aromatic N) is 3. The number of nitrogens with two attached hydrogens (primary N) is 1. The average Bonchev–Trinajstić information content (AvgIpc) is 3.31. The molecule has 0 saturated heterocycles. The largest absolute Gasteiger partial charge is 0.365 e. The lowest BCUT2D eigenvalue weighted by Crippen LogP contribution is -2.34. The summed E-state index contributed by atoms with van der Waals surface area (Å²) in [6.45, 7) is 3.84. The molecule has 0 spiro atoms. The fourth-order valence-corrected chi connectivity index (χ4v) is 7.38. The van der Waals surface area contributed by atoms with E-state index in [0.29, 0.717) is 26.7 Å². The Balaban J connectivity index is 1.47. The van der Waals surface area contributed by atoms with Crippen molar-refractivity contribution in [1.82, 2.24) is 15.0 Å². The Bertz CT molecular complexity index is 1310. The van der Waals surface area contributed by atoms with Crippen molar-refractivity contribution in [3.63, 3.8) is 0 Å². The van der Waals surface area contributed by atoms with Crippen LogP contribution in [0.3, 0.4) is 0 Å². The lowest BCUT2D eigenvalue weighted by atomic mass is 9.89. The molecule has 10 heteroatoms. The summed E-state index contributed by atoms with van der Waals surface area (Å²) in [6.07, 6.45) is 6.57. The zero-order chi connectivity index (χ0) is 22.6. The van der Waals surface area contributed by atoms with Crippen LogP contribution in [0.1, 0.15) is 70.4 Å². The Labute approximate surface area is 192 Å². The van der Waals surface area contributed by atoms with Gasteiger partial charge >= 0.3 is 0 Å². The Hall–Kier alpha value is -2.59. The van der Waals surface area contributed by atoms with E-state index in [4.69, 9.17) is 5.73 Å². The molecule has 2 aliphatic carbocycles. The molecule has 2 unspecified atom stereocenters. The zero-order valence-corrected chi connectivity index (χ0v) is 19.7. The first-order valence-electron chi connectivity index (χ1n) is 11.0. The van der Waals surface area contributed by atoms with Crippen molar-refractivity contribution < 1.29 is 9.59 Å². The van der Waals surface area contributed by atoms with E-state index in [-0.39, 0.29) is 5.56 Å². The third-order valence-electron chi connectivity index (χ3n) is 6.55. The van der Waals surface area contributed by atoms with Crippen molar-refractivity contribution in [3.05, 3.63) is 36.8 Å². The quantitative estimate of drug-likeness (QED) is 0.605. The van der Waals surface area contributed by atoms with Gasteiger partial charge in [0.2, 0.25) is 5.91 Å². The maximum Gasteiger partial charge on any atom is 0.279 e. The molecule has 2 atom stereocenters. The predicted molar refractivity (Wildman–Crippen MR) is 126 cm³/mol. The number of amides is 2. The Morgan fingerprint density at radius 1 is 1.16 bits per heavy atom. The van der Waals surface area contributed by atoms with Gasteiger partial charge in [-0.1, -0.05) is 12.1 Å². The molecule has 0 aliphatic heterocycles. The van der Waals surface area contributed by atoms with E-state index in [2.05, 4.69) is 22.6 Å². The van der Waals surface area contributed by atoms with Crippen LogP contribution >= 0.6 is 22.7 Å². The monoisotopic (exact) mass is 471 g/mol. The average molecular weight is 472 g/mol. The van der Waals surface area contributed by atoms with Crippen molar-refractivity contribution in [3.8, 4) is 0 Å². The number of carbonyl (C=O) groups is 2. The van der Waals surface area contributed by atoms with Gasteiger partial charge in [0.1, 0.15) is 11.0 Å². The highest BCUT2D eigenvalue weighted by Gasteiger charge is 2.29. The molecule has 2 aliphatic rings. The highest BCUT2D eigenvalue weighted by Crippen LogP contribution is 2.38. The number of fused-ring (bicyclic) bond motifs is 4. The summed E-state index contributed by atoms with van der Waals surface area (Å²) >= 11 is 2.94. The molecular weight excluding hydrogens is 446 g/mol. The van der Waals surface area contributed by atoms with Gasteiger partial charge in [0, 0.05) is 9.75 Å². The SMILES string of the molecule is CC1CCc2c(sc3nnn(C(C)C(=O)Nc4sc5c(c4C(N)=O)CCCC5)c(=O)c23)C1. The number of nitrogens with one attached hydrogen (secondary N) is 1. The van der Waals surface area contributed by atoms with Gasteiger partial charge in [-0.3, -0.25) is 14.4 Å². The summed E-state index contributed by atoms with van der Waals surface area (Å²) in [7, 11) is 0. The van der Waals surface area contributed by atoms with Crippen LogP contribution < -0.4 is 16.6 Å². The smallest absolute Gasteiger partial charge is 0.279 e. The van der Waals surface area contributed by atoms with Crippen molar-refractivity contribution in [1.29, 1.82) is 0 Å². The van der Waals surface area contributed by atoms with Crippen LogP contribution in [0, 0.1) is 5.92 Å². The van der Waals surface area contributed by atoms with E-state index in [0.717, 1.165) is 65.6 Å². The number of rotatable bonds is 4. The summed E-state index contributed by atoms with van der Waals surface area (Å²) < 4.78 is 1.15. The third kappa shape index (κ3) is 3.45. The number of aromatic nitrogens is 3. The molecule has 2 amide bonds. The summed E-state index contributed by atoms with van der Waals surface area (Å²) in [5, 5.41) is 12.2. The van der Waals surface area contributed by atoms with Crippen LogP contribution in [0.4, 0.5) is 5.00 Å². The van der Waals surface area contributed by atoms with Crippen LogP contribution in [0.15, 0.2) is 4.79 Å². The fourth-order valence-electron chi connectivity index (χ4n) is 4.77. The van der Waals surface area contributed by atoms with E-state index in [9.17, 15) is 14.4 Å². The lowest BCUT2D eigenvalue weighted by Gasteiger charge is -2.17.